The summed E-state index contributed by atoms with van der Waals surface area (Å²) in [6, 6.07) is 0. The Morgan fingerprint density at radius 1 is 0.769 bits per heavy atom. The second-order valence-corrected chi connectivity index (χ2v) is 6.64. The third-order valence-corrected chi connectivity index (χ3v) is 5.37. The second kappa shape index (κ2) is 5.90. The summed E-state index contributed by atoms with van der Waals surface area (Å²) in [5.74, 6) is 2.01. The monoisotopic (exact) mass is 358 g/mol. The first-order valence-corrected chi connectivity index (χ1v) is 8.61. The molecule has 6 nitrogen and oxygen atoms in total. The van der Waals surface area contributed by atoms with Gasteiger partial charge in [0, 0.05) is 33.4 Å². The lowest BCUT2D eigenvalue weighted by Gasteiger charge is -2.21. The quantitative estimate of drug-likeness (QED) is 0.873. The van der Waals surface area contributed by atoms with Gasteiger partial charge < -0.3 is 29.2 Å². The molecule has 2 N–H and O–H groups in total. The van der Waals surface area contributed by atoms with Crippen molar-refractivity contribution in [1.29, 1.82) is 0 Å². The van der Waals surface area contributed by atoms with Crippen LogP contribution in [0, 0.1) is 13.8 Å². The molecule has 1 heterocycles. The van der Waals surface area contributed by atoms with Crippen LogP contribution in [0.2, 0.25) is 0 Å². The van der Waals surface area contributed by atoms with E-state index in [0.29, 0.717) is 28.2 Å². The van der Waals surface area contributed by atoms with Gasteiger partial charge in [-0.25, -0.2) is 0 Å². The van der Waals surface area contributed by atoms with E-state index in [-0.39, 0.29) is 24.0 Å². The molecule has 0 radical (unpaired) electrons. The fourth-order valence-corrected chi connectivity index (χ4v) is 4.26. The van der Waals surface area contributed by atoms with Crippen molar-refractivity contribution in [2.75, 3.05) is 21.0 Å². The molecule has 0 bridgehead atoms. The fourth-order valence-electron chi connectivity index (χ4n) is 4.26. The highest BCUT2D eigenvalue weighted by molar-refractivity contribution is 5.90. The van der Waals surface area contributed by atoms with E-state index in [1.165, 1.54) is 0 Å². The van der Waals surface area contributed by atoms with Crippen LogP contribution >= 0.6 is 0 Å². The molecule has 0 saturated heterocycles. The largest absolute Gasteiger partial charge is 0.507 e. The molecule has 0 fully saturated rings. The van der Waals surface area contributed by atoms with E-state index in [9.17, 15) is 10.2 Å². The highest BCUT2D eigenvalue weighted by Gasteiger charge is 2.34. The SMILES string of the molecule is COc1c(C)c(-c2c(C)c(OC)c3c(c2O)OCO3)c(O)c2c1CCC2. The number of phenols is 2. The zero-order valence-electron chi connectivity index (χ0n) is 15.4. The Bertz CT molecular complexity index is 840. The van der Waals surface area contributed by atoms with Crippen molar-refractivity contribution in [3.63, 3.8) is 0 Å². The minimum Gasteiger partial charge on any atom is -0.507 e. The lowest BCUT2D eigenvalue weighted by atomic mass is 9.89. The molecule has 2 aliphatic rings. The van der Waals surface area contributed by atoms with Gasteiger partial charge in [0.1, 0.15) is 11.5 Å². The van der Waals surface area contributed by atoms with Gasteiger partial charge in [0.15, 0.2) is 11.5 Å². The van der Waals surface area contributed by atoms with E-state index < -0.39 is 0 Å². The number of aromatic hydroxyl groups is 2. The Morgan fingerprint density at radius 2 is 1.35 bits per heavy atom. The summed E-state index contributed by atoms with van der Waals surface area (Å²) < 4.78 is 22.1. The average molecular weight is 358 g/mol. The van der Waals surface area contributed by atoms with Gasteiger partial charge in [-0.3, -0.25) is 0 Å². The average Bonchev–Trinajstić information content (AvgIpc) is 3.28. The minimum atomic E-state index is -0.0609. The highest BCUT2D eigenvalue weighted by atomic mass is 16.7. The molecule has 0 saturated carbocycles. The van der Waals surface area contributed by atoms with Crippen molar-refractivity contribution in [1.82, 2.24) is 0 Å². The van der Waals surface area contributed by atoms with Crippen LogP contribution in [0.3, 0.4) is 0 Å². The van der Waals surface area contributed by atoms with E-state index in [1.807, 2.05) is 13.8 Å². The highest BCUT2D eigenvalue weighted by Crippen LogP contribution is 2.58. The summed E-state index contributed by atoms with van der Waals surface area (Å²) in [7, 11) is 3.18. The van der Waals surface area contributed by atoms with Gasteiger partial charge in [0.2, 0.25) is 18.3 Å². The second-order valence-electron chi connectivity index (χ2n) is 6.64. The maximum atomic E-state index is 11.0. The Hall–Kier alpha value is -2.76. The van der Waals surface area contributed by atoms with Gasteiger partial charge in [0.05, 0.1) is 14.2 Å². The van der Waals surface area contributed by atoms with E-state index in [4.69, 9.17) is 18.9 Å². The lowest BCUT2D eigenvalue weighted by Crippen LogP contribution is -2.01. The van der Waals surface area contributed by atoms with Crippen LogP contribution in [0.25, 0.3) is 11.1 Å². The molecule has 2 aromatic carbocycles. The maximum absolute atomic E-state index is 11.0. The number of fused-ring (bicyclic) bond motifs is 2. The predicted octanol–water partition coefficient (Wildman–Crippen LogP) is 3.62. The summed E-state index contributed by atoms with van der Waals surface area (Å²) in [6.45, 7) is 3.73. The number of hydrogen-bond donors (Lipinski definition) is 2. The van der Waals surface area contributed by atoms with Crippen LogP contribution in [0.5, 0.6) is 34.5 Å². The first kappa shape index (κ1) is 16.7. The summed E-state index contributed by atoms with van der Waals surface area (Å²) in [6.07, 6.45) is 2.63. The first-order chi connectivity index (χ1) is 12.5. The number of rotatable bonds is 3. The number of methoxy groups -OCH3 is 2. The summed E-state index contributed by atoms with van der Waals surface area (Å²) in [5, 5.41) is 22.0. The van der Waals surface area contributed by atoms with E-state index in [2.05, 4.69) is 0 Å². The van der Waals surface area contributed by atoms with E-state index in [1.54, 1.807) is 14.2 Å². The molecule has 6 heteroatoms. The number of benzene rings is 2. The van der Waals surface area contributed by atoms with Crippen LogP contribution in [0.4, 0.5) is 0 Å². The minimum absolute atomic E-state index is 0.0145. The first-order valence-electron chi connectivity index (χ1n) is 8.61. The van der Waals surface area contributed by atoms with Crippen LogP contribution in [-0.2, 0) is 12.8 Å². The molecule has 4 rings (SSSR count). The molecule has 138 valence electrons. The van der Waals surface area contributed by atoms with Gasteiger partial charge in [-0.15, -0.1) is 0 Å². The van der Waals surface area contributed by atoms with Crippen LogP contribution in [-0.4, -0.2) is 31.2 Å². The molecular weight excluding hydrogens is 336 g/mol. The number of hydrogen-bond acceptors (Lipinski definition) is 6. The van der Waals surface area contributed by atoms with Crippen LogP contribution < -0.4 is 18.9 Å². The van der Waals surface area contributed by atoms with Crippen molar-refractivity contribution < 1.29 is 29.2 Å². The van der Waals surface area contributed by atoms with E-state index >= 15 is 0 Å². The Morgan fingerprint density at radius 3 is 2.04 bits per heavy atom. The molecule has 0 unspecified atom stereocenters. The summed E-state index contributed by atoms with van der Waals surface area (Å²) >= 11 is 0. The molecule has 26 heavy (non-hydrogen) atoms. The smallest absolute Gasteiger partial charge is 0.231 e. The van der Waals surface area contributed by atoms with Gasteiger partial charge in [-0.2, -0.15) is 0 Å². The number of ether oxygens (including phenoxy) is 4. The normalized spacial score (nSPS) is 14.5. The topological polar surface area (TPSA) is 77.4 Å². The van der Waals surface area contributed by atoms with Crippen LogP contribution in [0.15, 0.2) is 0 Å². The van der Waals surface area contributed by atoms with Crippen molar-refractivity contribution in [3.05, 3.63) is 22.3 Å². The fraction of sp³-hybridized carbons (Fsp3) is 0.400. The maximum Gasteiger partial charge on any atom is 0.231 e. The van der Waals surface area contributed by atoms with Crippen molar-refractivity contribution in [2.45, 2.75) is 33.1 Å². The standard InChI is InChI=1S/C20H22O6/c1-9-13(15(21)11-6-5-7-12(11)17(9)23-3)14-10(2)18(24-4)20-19(16(14)22)25-8-26-20/h21-22H,5-8H2,1-4H3. The third kappa shape index (κ3) is 2.04. The molecule has 2 aromatic rings. The number of phenolic OH excluding ortho intramolecular Hbond substituents is 2. The van der Waals surface area contributed by atoms with Gasteiger partial charge in [-0.1, -0.05) is 0 Å². The molecule has 0 atom stereocenters. The Balaban J connectivity index is 2.10. The molecule has 1 aliphatic carbocycles. The third-order valence-electron chi connectivity index (χ3n) is 5.37. The Kier molecular flexibility index (Phi) is 3.79. The zero-order chi connectivity index (χ0) is 18.6. The summed E-state index contributed by atoms with van der Waals surface area (Å²) in [5.41, 5.74) is 4.43. The predicted molar refractivity (Wildman–Crippen MR) is 95.9 cm³/mol. The van der Waals surface area contributed by atoms with Gasteiger partial charge in [0.25, 0.3) is 0 Å². The van der Waals surface area contributed by atoms with Gasteiger partial charge >= 0.3 is 0 Å². The molecule has 0 amide bonds. The van der Waals surface area contributed by atoms with Crippen LogP contribution in [0.1, 0.15) is 28.7 Å². The van der Waals surface area contributed by atoms with Gasteiger partial charge in [-0.05, 0) is 33.1 Å². The zero-order valence-corrected chi connectivity index (χ0v) is 15.4. The molecule has 1 aliphatic heterocycles. The summed E-state index contributed by atoms with van der Waals surface area (Å²) in [4.78, 5) is 0. The Labute approximate surface area is 151 Å². The van der Waals surface area contributed by atoms with Crippen molar-refractivity contribution >= 4 is 0 Å². The van der Waals surface area contributed by atoms with Crippen molar-refractivity contribution in [3.8, 4) is 45.6 Å². The molecule has 0 spiro atoms. The molecule has 0 aromatic heterocycles. The van der Waals surface area contributed by atoms with E-state index in [0.717, 1.165) is 41.7 Å². The molecular formula is C20H22O6. The van der Waals surface area contributed by atoms with Crippen molar-refractivity contribution in [2.24, 2.45) is 0 Å². The lowest BCUT2D eigenvalue weighted by molar-refractivity contribution is 0.169.